The number of carboxylic acids is 1. The summed E-state index contributed by atoms with van der Waals surface area (Å²) >= 11 is 4.33. The zero-order chi connectivity index (χ0) is 8.85. The van der Waals surface area contributed by atoms with E-state index in [1.165, 1.54) is 0 Å². The Morgan fingerprint density at radius 1 is 1.82 bits per heavy atom. The van der Waals surface area contributed by atoms with Gasteiger partial charge in [0.15, 0.2) is 6.04 Å². The highest BCUT2D eigenvalue weighted by Gasteiger charge is 2.21. The van der Waals surface area contributed by atoms with Crippen molar-refractivity contribution in [2.75, 3.05) is 0 Å². The third-order valence-corrected chi connectivity index (χ3v) is 1.73. The number of carboxylic acid groups (broad SMARTS) is 1. The summed E-state index contributed by atoms with van der Waals surface area (Å²) in [5, 5.41) is 10.7. The fourth-order valence-corrected chi connectivity index (χ4v) is 0.819. The van der Waals surface area contributed by atoms with Gasteiger partial charge in [-0.25, -0.2) is 9.79 Å². The molecule has 0 aromatic heterocycles. The van der Waals surface area contributed by atoms with Crippen LogP contribution in [0.5, 0.6) is 0 Å². The smallest absolute Gasteiger partial charge is 0.329 e. The first-order valence-electron chi connectivity index (χ1n) is 3.43. The monoisotopic (exact) mass is 173 g/mol. The quantitative estimate of drug-likeness (QED) is 0.518. The number of nitrogens with zero attached hydrogens (tertiary/aromatic N) is 1. The van der Waals surface area contributed by atoms with Crippen LogP contribution in [0, 0.1) is 5.92 Å². The third kappa shape index (κ3) is 3.25. The maximum absolute atomic E-state index is 10.5. The molecule has 1 N–H and O–H groups in total. The van der Waals surface area contributed by atoms with Gasteiger partial charge in [0.25, 0.3) is 0 Å². The van der Waals surface area contributed by atoms with Crippen molar-refractivity contribution in [2.24, 2.45) is 10.9 Å². The molecule has 0 aromatic carbocycles. The molecule has 62 valence electrons. The number of hydrogen-bond donors (Lipinski definition) is 1. The molecule has 0 fully saturated rings. The molecular weight excluding hydrogens is 162 g/mol. The summed E-state index contributed by atoms with van der Waals surface area (Å²) in [7, 11) is 0. The molecule has 0 rings (SSSR count). The highest BCUT2D eigenvalue weighted by atomic mass is 32.1. The van der Waals surface area contributed by atoms with Crippen LogP contribution in [0.15, 0.2) is 4.99 Å². The fraction of sp³-hybridized carbons (Fsp3) is 0.714. The van der Waals surface area contributed by atoms with Crippen LogP contribution in [0.4, 0.5) is 0 Å². The third-order valence-electron chi connectivity index (χ3n) is 1.63. The minimum atomic E-state index is -0.934. The Bertz CT molecular complexity index is 185. The molecule has 11 heavy (non-hydrogen) atoms. The molecule has 0 saturated carbocycles. The molecule has 3 nitrogen and oxygen atoms in total. The molecule has 0 aromatic rings. The molecule has 0 aliphatic rings. The molecule has 0 aliphatic heterocycles. The Morgan fingerprint density at radius 3 is 2.64 bits per heavy atom. The van der Waals surface area contributed by atoms with E-state index >= 15 is 0 Å². The van der Waals surface area contributed by atoms with Crippen molar-refractivity contribution in [1.29, 1.82) is 0 Å². The number of carbonyl (C=O) groups is 1. The maximum atomic E-state index is 10.5. The summed E-state index contributed by atoms with van der Waals surface area (Å²) in [5.41, 5.74) is 0. The van der Waals surface area contributed by atoms with Gasteiger partial charge >= 0.3 is 5.97 Å². The minimum absolute atomic E-state index is 0.0166. The van der Waals surface area contributed by atoms with E-state index < -0.39 is 12.0 Å². The number of aliphatic carboxylic acids is 1. The average Bonchev–Trinajstić information content (AvgIpc) is 1.98. The Morgan fingerprint density at radius 2 is 2.36 bits per heavy atom. The van der Waals surface area contributed by atoms with Gasteiger partial charge in [0.05, 0.1) is 5.16 Å². The number of aliphatic imine (C=N–C) groups is 1. The summed E-state index contributed by atoms with van der Waals surface area (Å²) in [6.07, 6.45) is 0.775. The summed E-state index contributed by atoms with van der Waals surface area (Å²) in [5.74, 6) is -0.917. The maximum Gasteiger partial charge on any atom is 0.329 e. The first kappa shape index (κ1) is 10.3. The Balaban J connectivity index is 4.32. The molecule has 0 heterocycles. The Hall–Kier alpha value is -0.730. The molecule has 0 amide bonds. The van der Waals surface area contributed by atoms with Crippen LogP contribution in [-0.2, 0) is 4.79 Å². The number of thiocarbonyl (C=S) groups is 1. The average molecular weight is 173 g/mol. The van der Waals surface area contributed by atoms with Gasteiger partial charge in [0.2, 0.25) is 0 Å². The second kappa shape index (κ2) is 4.99. The van der Waals surface area contributed by atoms with Gasteiger partial charge in [-0.2, -0.15) is 0 Å². The topological polar surface area (TPSA) is 49.7 Å². The number of rotatable bonds is 4. The van der Waals surface area contributed by atoms with Gasteiger partial charge < -0.3 is 5.11 Å². The summed E-state index contributed by atoms with van der Waals surface area (Å²) in [6.45, 7) is 3.74. The van der Waals surface area contributed by atoms with Gasteiger partial charge in [-0.3, -0.25) is 0 Å². The van der Waals surface area contributed by atoms with Crippen LogP contribution in [0.2, 0.25) is 0 Å². The highest BCUT2D eigenvalue weighted by molar-refractivity contribution is 7.78. The Kier molecular flexibility index (Phi) is 4.66. The molecule has 0 spiro atoms. The number of isothiocyanates is 1. The van der Waals surface area contributed by atoms with Gasteiger partial charge in [0, 0.05) is 0 Å². The van der Waals surface area contributed by atoms with E-state index in [1.807, 2.05) is 13.8 Å². The summed E-state index contributed by atoms with van der Waals surface area (Å²) < 4.78 is 0. The zero-order valence-corrected chi connectivity index (χ0v) is 7.39. The van der Waals surface area contributed by atoms with E-state index in [0.29, 0.717) is 0 Å². The van der Waals surface area contributed by atoms with Gasteiger partial charge in [0.1, 0.15) is 0 Å². The van der Waals surface area contributed by atoms with Crippen molar-refractivity contribution in [1.82, 2.24) is 0 Å². The minimum Gasteiger partial charge on any atom is -0.480 e. The predicted molar refractivity (Wildman–Crippen MR) is 45.9 cm³/mol. The first-order chi connectivity index (χ1) is 5.13. The largest absolute Gasteiger partial charge is 0.480 e. The van der Waals surface area contributed by atoms with Gasteiger partial charge in [-0.05, 0) is 18.1 Å². The van der Waals surface area contributed by atoms with Gasteiger partial charge in [-0.15, -0.1) is 0 Å². The SMILES string of the molecule is CCC(C)C(N=C=S)C(=O)O. The van der Waals surface area contributed by atoms with Gasteiger partial charge in [-0.1, -0.05) is 20.3 Å². The molecule has 0 radical (unpaired) electrons. The van der Waals surface area contributed by atoms with Crippen molar-refractivity contribution in [2.45, 2.75) is 26.3 Å². The lowest BCUT2D eigenvalue weighted by Gasteiger charge is -2.11. The molecule has 0 saturated heterocycles. The van der Waals surface area contributed by atoms with E-state index in [4.69, 9.17) is 5.11 Å². The van der Waals surface area contributed by atoms with Crippen LogP contribution in [0.3, 0.4) is 0 Å². The van der Waals surface area contributed by atoms with Crippen molar-refractivity contribution < 1.29 is 9.90 Å². The lowest BCUT2D eigenvalue weighted by Crippen LogP contribution is -2.25. The summed E-state index contributed by atoms with van der Waals surface area (Å²) in [6, 6.07) is -0.725. The fourth-order valence-electron chi connectivity index (χ4n) is 0.706. The normalized spacial score (nSPS) is 14.7. The van der Waals surface area contributed by atoms with E-state index in [0.717, 1.165) is 6.42 Å². The van der Waals surface area contributed by atoms with Crippen molar-refractivity contribution in [3.05, 3.63) is 0 Å². The highest BCUT2D eigenvalue weighted by Crippen LogP contribution is 2.10. The van der Waals surface area contributed by atoms with E-state index in [-0.39, 0.29) is 5.92 Å². The second-order valence-electron chi connectivity index (χ2n) is 2.39. The predicted octanol–water partition coefficient (Wildman–Crippen LogP) is 1.59. The lowest BCUT2D eigenvalue weighted by molar-refractivity contribution is -0.139. The van der Waals surface area contributed by atoms with Crippen molar-refractivity contribution in [3.63, 3.8) is 0 Å². The van der Waals surface area contributed by atoms with Crippen molar-refractivity contribution in [3.8, 4) is 0 Å². The van der Waals surface area contributed by atoms with E-state index in [2.05, 4.69) is 22.4 Å². The molecule has 2 unspecified atom stereocenters. The summed E-state index contributed by atoms with van der Waals surface area (Å²) in [4.78, 5) is 14.1. The van der Waals surface area contributed by atoms with Crippen LogP contribution >= 0.6 is 12.2 Å². The first-order valence-corrected chi connectivity index (χ1v) is 3.84. The van der Waals surface area contributed by atoms with Crippen LogP contribution in [0.1, 0.15) is 20.3 Å². The second-order valence-corrected chi connectivity index (χ2v) is 2.57. The van der Waals surface area contributed by atoms with Crippen LogP contribution in [0.25, 0.3) is 0 Å². The lowest BCUT2D eigenvalue weighted by atomic mass is 10.0. The molecule has 0 bridgehead atoms. The molecule has 4 heteroatoms. The Labute approximate surface area is 71.1 Å². The van der Waals surface area contributed by atoms with E-state index in [1.54, 1.807) is 0 Å². The van der Waals surface area contributed by atoms with Crippen molar-refractivity contribution >= 4 is 23.3 Å². The number of hydrogen-bond acceptors (Lipinski definition) is 3. The van der Waals surface area contributed by atoms with Crippen LogP contribution in [-0.4, -0.2) is 22.3 Å². The standard InChI is InChI=1S/C7H11NO2S/c1-3-5(2)6(7(9)10)8-4-11/h5-6H,3H2,1-2H3,(H,9,10). The van der Waals surface area contributed by atoms with E-state index in [9.17, 15) is 4.79 Å². The zero-order valence-electron chi connectivity index (χ0n) is 6.57. The molecule has 2 atom stereocenters. The molecule has 0 aliphatic carbocycles. The van der Waals surface area contributed by atoms with Crippen LogP contribution < -0.4 is 0 Å². The molecular formula is C7H11NO2S.